The van der Waals surface area contributed by atoms with Gasteiger partial charge >= 0.3 is 5.97 Å². The molecule has 114 valence electrons. The summed E-state index contributed by atoms with van der Waals surface area (Å²) >= 11 is 6.03. The summed E-state index contributed by atoms with van der Waals surface area (Å²) in [5.74, 6) is -0.977. The van der Waals surface area contributed by atoms with Crippen LogP contribution in [0.25, 0.3) is 11.1 Å². The molecular formula is C18H17ClO3. The van der Waals surface area contributed by atoms with E-state index in [0.717, 1.165) is 22.3 Å². The van der Waals surface area contributed by atoms with Crippen molar-refractivity contribution in [3.05, 3.63) is 70.4 Å². The minimum atomic E-state index is -0.977. The van der Waals surface area contributed by atoms with Gasteiger partial charge in [-0.25, -0.2) is 4.79 Å². The van der Waals surface area contributed by atoms with Crippen molar-refractivity contribution in [2.75, 3.05) is 7.11 Å². The van der Waals surface area contributed by atoms with Gasteiger partial charge in [0.25, 0.3) is 0 Å². The molecule has 2 aromatic carbocycles. The Balaban J connectivity index is 2.39. The molecule has 0 unspecified atom stereocenters. The molecule has 0 aliphatic carbocycles. The third-order valence-electron chi connectivity index (χ3n) is 3.42. The Hall–Kier alpha value is -2.26. The molecule has 0 aliphatic rings. The molecule has 3 nitrogen and oxygen atoms in total. The highest BCUT2D eigenvalue weighted by molar-refractivity contribution is 6.30. The van der Waals surface area contributed by atoms with Gasteiger partial charge in [-0.2, -0.15) is 0 Å². The molecule has 22 heavy (non-hydrogen) atoms. The van der Waals surface area contributed by atoms with E-state index in [9.17, 15) is 9.90 Å². The largest absolute Gasteiger partial charge is 0.504 e. The summed E-state index contributed by atoms with van der Waals surface area (Å²) in [7, 11) is 1.44. The van der Waals surface area contributed by atoms with E-state index in [0.29, 0.717) is 11.4 Å². The van der Waals surface area contributed by atoms with Gasteiger partial charge in [0.2, 0.25) is 0 Å². The lowest BCUT2D eigenvalue weighted by molar-refractivity contribution is -0.132. The van der Waals surface area contributed by atoms with Gasteiger partial charge in [0.1, 0.15) is 0 Å². The Morgan fingerprint density at radius 3 is 2.59 bits per heavy atom. The molecule has 2 aromatic rings. The smallest absolute Gasteiger partial charge is 0.335 e. The van der Waals surface area contributed by atoms with E-state index in [1.54, 1.807) is 0 Å². The van der Waals surface area contributed by atoms with Crippen LogP contribution in [0.1, 0.15) is 11.1 Å². The zero-order valence-electron chi connectivity index (χ0n) is 12.5. The molecule has 0 heterocycles. The fraction of sp³-hybridized carbons (Fsp3) is 0.167. The van der Waals surface area contributed by atoms with Crippen molar-refractivity contribution in [3.8, 4) is 11.1 Å². The van der Waals surface area contributed by atoms with Crippen molar-refractivity contribution in [2.24, 2.45) is 0 Å². The van der Waals surface area contributed by atoms with E-state index >= 15 is 0 Å². The number of methoxy groups -OCH3 is 1. The van der Waals surface area contributed by atoms with Crippen LogP contribution in [0.15, 0.2) is 54.3 Å². The van der Waals surface area contributed by atoms with Gasteiger partial charge in [0, 0.05) is 11.4 Å². The maximum Gasteiger partial charge on any atom is 0.335 e. The SMILES string of the molecule is CO/C=C(\Cc1cc(-c2cccc(Cl)c2)ccc1C)C(=O)O. The molecule has 0 fully saturated rings. The van der Waals surface area contributed by atoms with Crippen LogP contribution in [0.3, 0.4) is 0 Å². The Morgan fingerprint density at radius 1 is 1.23 bits per heavy atom. The summed E-state index contributed by atoms with van der Waals surface area (Å²) in [5.41, 5.74) is 4.21. The zero-order chi connectivity index (χ0) is 16.1. The number of hydrogen-bond acceptors (Lipinski definition) is 2. The number of benzene rings is 2. The van der Waals surface area contributed by atoms with Crippen LogP contribution in [-0.2, 0) is 16.0 Å². The molecular weight excluding hydrogens is 300 g/mol. The number of carbonyl (C=O) groups is 1. The predicted octanol–water partition coefficient (Wildman–Crippen LogP) is 4.47. The maximum atomic E-state index is 11.2. The van der Waals surface area contributed by atoms with Crippen LogP contribution >= 0.6 is 11.6 Å². The second-order valence-electron chi connectivity index (χ2n) is 5.01. The van der Waals surface area contributed by atoms with E-state index in [1.807, 2.05) is 49.4 Å². The summed E-state index contributed by atoms with van der Waals surface area (Å²) in [6, 6.07) is 13.6. The molecule has 0 radical (unpaired) electrons. The van der Waals surface area contributed by atoms with Gasteiger partial charge in [0.05, 0.1) is 18.9 Å². The van der Waals surface area contributed by atoms with Gasteiger partial charge in [-0.3, -0.25) is 0 Å². The van der Waals surface area contributed by atoms with Crippen molar-refractivity contribution in [3.63, 3.8) is 0 Å². The van der Waals surface area contributed by atoms with E-state index in [2.05, 4.69) is 0 Å². The van der Waals surface area contributed by atoms with Crippen molar-refractivity contribution in [2.45, 2.75) is 13.3 Å². The molecule has 4 heteroatoms. The molecule has 0 saturated carbocycles. The number of halogens is 1. The molecule has 0 aliphatic heterocycles. The van der Waals surface area contributed by atoms with Gasteiger partial charge in [-0.05, 0) is 41.3 Å². The summed E-state index contributed by atoms with van der Waals surface area (Å²) in [4.78, 5) is 11.2. The average Bonchev–Trinajstić information content (AvgIpc) is 2.48. The summed E-state index contributed by atoms with van der Waals surface area (Å²) in [5, 5.41) is 9.88. The van der Waals surface area contributed by atoms with Crippen LogP contribution < -0.4 is 0 Å². The molecule has 0 amide bonds. The molecule has 0 atom stereocenters. The lowest BCUT2D eigenvalue weighted by Gasteiger charge is -2.10. The van der Waals surface area contributed by atoms with Crippen LogP contribution in [0.4, 0.5) is 0 Å². The number of aliphatic carboxylic acids is 1. The van der Waals surface area contributed by atoms with Gasteiger partial charge in [-0.1, -0.05) is 41.9 Å². The van der Waals surface area contributed by atoms with Gasteiger partial charge in [0.15, 0.2) is 0 Å². The van der Waals surface area contributed by atoms with Crippen LogP contribution in [0.5, 0.6) is 0 Å². The van der Waals surface area contributed by atoms with Crippen molar-refractivity contribution >= 4 is 17.6 Å². The number of carboxylic acids is 1. The summed E-state index contributed by atoms with van der Waals surface area (Å²) < 4.78 is 4.85. The first-order valence-corrected chi connectivity index (χ1v) is 7.19. The Kier molecular flexibility index (Phi) is 5.23. The molecule has 1 N–H and O–H groups in total. The topological polar surface area (TPSA) is 46.5 Å². The van der Waals surface area contributed by atoms with E-state index in [-0.39, 0.29) is 5.57 Å². The first-order valence-electron chi connectivity index (χ1n) is 6.82. The Bertz CT molecular complexity index is 720. The average molecular weight is 317 g/mol. The monoisotopic (exact) mass is 316 g/mol. The lowest BCUT2D eigenvalue weighted by Crippen LogP contribution is -2.05. The number of carboxylic acid groups (broad SMARTS) is 1. The van der Waals surface area contributed by atoms with Crippen molar-refractivity contribution < 1.29 is 14.6 Å². The highest BCUT2D eigenvalue weighted by Gasteiger charge is 2.11. The molecule has 0 spiro atoms. The quantitative estimate of drug-likeness (QED) is 0.654. The standard InChI is InChI=1S/C18H17ClO3/c1-12-6-7-14(13-4-3-5-17(19)10-13)8-15(12)9-16(11-22-2)18(20)21/h3-8,10-11H,9H2,1-2H3,(H,20,21)/b16-11+. The first-order chi connectivity index (χ1) is 10.5. The van der Waals surface area contributed by atoms with Crippen LogP contribution in [-0.4, -0.2) is 18.2 Å². The molecule has 0 aromatic heterocycles. The minimum Gasteiger partial charge on any atom is -0.504 e. The number of aryl methyl sites for hydroxylation is 1. The summed E-state index contributed by atoms with van der Waals surface area (Å²) in [6.07, 6.45) is 1.58. The first kappa shape index (κ1) is 16.1. The lowest BCUT2D eigenvalue weighted by atomic mass is 9.96. The van der Waals surface area contributed by atoms with Crippen LogP contribution in [0.2, 0.25) is 5.02 Å². The second kappa shape index (κ2) is 7.14. The Morgan fingerprint density at radius 2 is 1.95 bits per heavy atom. The van der Waals surface area contributed by atoms with E-state index in [1.165, 1.54) is 13.4 Å². The highest BCUT2D eigenvalue weighted by Crippen LogP contribution is 2.26. The normalized spacial score (nSPS) is 11.3. The predicted molar refractivity (Wildman–Crippen MR) is 88.1 cm³/mol. The number of ether oxygens (including phenoxy) is 1. The van der Waals surface area contributed by atoms with E-state index in [4.69, 9.17) is 16.3 Å². The third-order valence-corrected chi connectivity index (χ3v) is 3.66. The molecule has 0 bridgehead atoms. The Labute approximate surface area is 134 Å². The fourth-order valence-corrected chi connectivity index (χ4v) is 2.41. The maximum absolute atomic E-state index is 11.2. The molecule has 2 rings (SSSR count). The highest BCUT2D eigenvalue weighted by atomic mass is 35.5. The molecule has 0 saturated heterocycles. The van der Waals surface area contributed by atoms with Gasteiger partial charge in [-0.15, -0.1) is 0 Å². The second-order valence-corrected chi connectivity index (χ2v) is 5.45. The van der Waals surface area contributed by atoms with Crippen molar-refractivity contribution in [1.29, 1.82) is 0 Å². The van der Waals surface area contributed by atoms with Crippen LogP contribution in [0, 0.1) is 6.92 Å². The van der Waals surface area contributed by atoms with E-state index < -0.39 is 5.97 Å². The zero-order valence-corrected chi connectivity index (χ0v) is 13.2. The fourth-order valence-electron chi connectivity index (χ4n) is 2.22. The third kappa shape index (κ3) is 3.89. The summed E-state index contributed by atoms with van der Waals surface area (Å²) in [6.45, 7) is 1.96. The van der Waals surface area contributed by atoms with Crippen molar-refractivity contribution in [1.82, 2.24) is 0 Å². The number of rotatable bonds is 5. The minimum absolute atomic E-state index is 0.217. The van der Waals surface area contributed by atoms with Gasteiger partial charge < -0.3 is 9.84 Å². The number of hydrogen-bond donors (Lipinski definition) is 1.